The van der Waals surface area contributed by atoms with Crippen LogP contribution in [0.15, 0.2) is 48.5 Å². The van der Waals surface area contributed by atoms with Crippen molar-refractivity contribution >= 4 is 22.7 Å². The van der Waals surface area contributed by atoms with E-state index in [1.807, 2.05) is 24.3 Å². The second-order valence-electron chi connectivity index (χ2n) is 10.1. The molecule has 2 aromatic carbocycles. The number of nitrogens with two attached hydrogens (primary N) is 2. The summed E-state index contributed by atoms with van der Waals surface area (Å²) in [5, 5.41) is 0. The Labute approximate surface area is 189 Å². The summed E-state index contributed by atoms with van der Waals surface area (Å²) in [5.74, 6) is 0. The van der Waals surface area contributed by atoms with E-state index in [1.54, 1.807) is 0 Å². The van der Waals surface area contributed by atoms with Gasteiger partial charge in [-0.25, -0.2) is 0 Å². The molecule has 6 nitrogen and oxygen atoms in total. The van der Waals surface area contributed by atoms with Crippen LogP contribution in [0.2, 0.25) is 0 Å². The number of quaternary nitrogens is 2. The van der Waals surface area contributed by atoms with Crippen molar-refractivity contribution in [1.29, 1.82) is 0 Å². The first-order chi connectivity index (χ1) is 14.5. The molecule has 6 heteroatoms. The smallest absolute Gasteiger partial charge is 0.0960 e. The highest BCUT2D eigenvalue weighted by Gasteiger charge is 2.21. The summed E-state index contributed by atoms with van der Waals surface area (Å²) in [6.45, 7) is 6.67. The highest BCUT2D eigenvalue weighted by molar-refractivity contribution is 5.53. The van der Waals surface area contributed by atoms with E-state index in [1.165, 1.54) is 30.9 Å². The maximum atomic E-state index is 5.80. The van der Waals surface area contributed by atoms with Gasteiger partial charge in [0.05, 0.1) is 67.5 Å². The number of benzene rings is 2. The quantitative estimate of drug-likeness (QED) is 0.403. The zero-order valence-corrected chi connectivity index (χ0v) is 20.5. The molecule has 31 heavy (non-hydrogen) atoms. The molecule has 0 radical (unpaired) electrons. The summed E-state index contributed by atoms with van der Waals surface area (Å²) in [6, 6.07) is 16.3. The van der Waals surface area contributed by atoms with Crippen molar-refractivity contribution in [3.63, 3.8) is 0 Å². The van der Waals surface area contributed by atoms with Gasteiger partial charge in [0.1, 0.15) is 0 Å². The number of likely N-dealkylation sites (N-methyl/N-ethyl adjacent to an activating group) is 4. The van der Waals surface area contributed by atoms with Gasteiger partial charge in [-0.05, 0) is 48.5 Å². The Kier molecular flexibility index (Phi) is 8.60. The van der Waals surface area contributed by atoms with Gasteiger partial charge in [-0.15, -0.1) is 0 Å². The SMILES string of the molecule is CN(CC[N+](C)(C)CCC[N+](C)(C)CCN(C)c1ccc(N)cc1)c1ccc(N)cc1. The lowest BCUT2D eigenvalue weighted by Gasteiger charge is -2.35. The number of nitrogen functional groups attached to an aromatic ring is 2. The monoisotopic (exact) mass is 428 g/mol. The first kappa shape index (κ1) is 24.8. The lowest BCUT2D eigenvalue weighted by atomic mass is 10.2. The van der Waals surface area contributed by atoms with Gasteiger partial charge in [0, 0.05) is 43.3 Å². The van der Waals surface area contributed by atoms with Crippen molar-refractivity contribution in [1.82, 2.24) is 0 Å². The molecule has 0 amide bonds. The zero-order chi connectivity index (χ0) is 23.1. The standard InChI is InChI=1S/C25H44N6/c1-28(24-12-8-22(26)9-13-24)16-20-30(3,4)18-7-19-31(5,6)21-17-29(2)25-14-10-23(27)11-15-25/h8-15H,7,16-21,26-27H2,1-6H3/q+2. The Bertz CT molecular complexity index is 715. The minimum absolute atomic E-state index is 0.814. The van der Waals surface area contributed by atoms with Gasteiger partial charge in [0.25, 0.3) is 0 Å². The fourth-order valence-corrected chi connectivity index (χ4v) is 3.71. The van der Waals surface area contributed by atoms with Gasteiger partial charge in [-0.1, -0.05) is 0 Å². The van der Waals surface area contributed by atoms with Gasteiger partial charge in [0.2, 0.25) is 0 Å². The average Bonchev–Trinajstić information content (AvgIpc) is 2.71. The largest absolute Gasteiger partial charge is 0.399 e. The molecule has 0 bridgehead atoms. The molecule has 0 aromatic heterocycles. The maximum Gasteiger partial charge on any atom is 0.0960 e. The Balaban J connectivity index is 1.72. The Hall–Kier alpha value is -2.44. The topological polar surface area (TPSA) is 58.5 Å². The summed E-state index contributed by atoms with van der Waals surface area (Å²) >= 11 is 0. The summed E-state index contributed by atoms with van der Waals surface area (Å²) in [5.41, 5.74) is 15.7. The van der Waals surface area contributed by atoms with Crippen molar-refractivity contribution in [3.8, 4) is 0 Å². The van der Waals surface area contributed by atoms with E-state index in [4.69, 9.17) is 11.5 Å². The second kappa shape index (κ2) is 10.7. The molecular weight excluding hydrogens is 384 g/mol. The van der Waals surface area contributed by atoms with E-state index in [-0.39, 0.29) is 0 Å². The summed E-state index contributed by atoms with van der Waals surface area (Å²) in [6.07, 6.45) is 1.22. The van der Waals surface area contributed by atoms with E-state index >= 15 is 0 Å². The minimum Gasteiger partial charge on any atom is -0.399 e. The maximum absolute atomic E-state index is 5.80. The van der Waals surface area contributed by atoms with Gasteiger partial charge in [-0.3, -0.25) is 0 Å². The van der Waals surface area contributed by atoms with E-state index in [9.17, 15) is 0 Å². The van der Waals surface area contributed by atoms with Crippen LogP contribution in [0, 0.1) is 0 Å². The average molecular weight is 429 g/mol. The third-order valence-electron chi connectivity index (χ3n) is 6.28. The predicted molar refractivity (Wildman–Crippen MR) is 137 cm³/mol. The van der Waals surface area contributed by atoms with Crippen LogP contribution in [0.4, 0.5) is 22.7 Å². The number of hydrogen-bond donors (Lipinski definition) is 2. The summed E-state index contributed by atoms with van der Waals surface area (Å²) in [7, 11) is 13.7. The van der Waals surface area contributed by atoms with Crippen LogP contribution < -0.4 is 21.3 Å². The Morgan fingerprint density at radius 2 is 0.903 bits per heavy atom. The van der Waals surface area contributed by atoms with Crippen molar-refractivity contribution in [2.45, 2.75) is 6.42 Å². The zero-order valence-electron chi connectivity index (χ0n) is 20.5. The lowest BCUT2D eigenvalue weighted by Crippen LogP contribution is -2.49. The van der Waals surface area contributed by atoms with Crippen LogP contribution in [-0.4, -0.2) is 90.5 Å². The predicted octanol–water partition coefficient (Wildman–Crippen LogP) is 2.97. The minimum atomic E-state index is 0.814. The molecule has 0 aliphatic heterocycles. The number of nitrogens with zero attached hydrogens (tertiary/aromatic N) is 4. The van der Waals surface area contributed by atoms with Crippen LogP contribution in [0.25, 0.3) is 0 Å². The van der Waals surface area contributed by atoms with Crippen LogP contribution in [0.1, 0.15) is 6.42 Å². The first-order valence-corrected chi connectivity index (χ1v) is 11.2. The molecule has 2 aromatic rings. The molecule has 0 atom stereocenters. The number of hydrogen-bond acceptors (Lipinski definition) is 4. The lowest BCUT2D eigenvalue weighted by molar-refractivity contribution is -0.908. The summed E-state index contributed by atoms with van der Waals surface area (Å²) < 4.78 is 2.06. The Morgan fingerprint density at radius 3 is 1.23 bits per heavy atom. The van der Waals surface area contributed by atoms with Crippen LogP contribution in [0.3, 0.4) is 0 Å². The normalized spacial score (nSPS) is 12.1. The van der Waals surface area contributed by atoms with Gasteiger partial charge >= 0.3 is 0 Å². The fraction of sp³-hybridized carbons (Fsp3) is 0.520. The van der Waals surface area contributed by atoms with Crippen LogP contribution in [0.5, 0.6) is 0 Å². The van der Waals surface area contributed by atoms with Gasteiger partial charge < -0.3 is 30.2 Å². The number of anilines is 4. The molecular formula is C25H44N6+2. The molecule has 0 unspecified atom stereocenters. The molecule has 4 N–H and O–H groups in total. The molecule has 0 saturated carbocycles. The number of rotatable bonds is 12. The second-order valence-corrected chi connectivity index (χ2v) is 10.1. The van der Waals surface area contributed by atoms with E-state index in [0.717, 1.165) is 46.5 Å². The van der Waals surface area contributed by atoms with Crippen molar-refractivity contribution in [2.75, 3.05) is 103 Å². The van der Waals surface area contributed by atoms with Crippen molar-refractivity contribution < 1.29 is 8.97 Å². The molecule has 0 spiro atoms. The van der Waals surface area contributed by atoms with E-state index in [2.05, 4.69) is 76.4 Å². The van der Waals surface area contributed by atoms with E-state index in [0.29, 0.717) is 0 Å². The van der Waals surface area contributed by atoms with Gasteiger partial charge in [0.15, 0.2) is 0 Å². The molecule has 172 valence electrons. The van der Waals surface area contributed by atoms with Crippen LogP contribution in [-0.2, 0) is 0 Å². The highest BCUT2D eigenvalue weighted by Crippen LogP contribution is 2.16. The van der Waals surface area contributed by atoms with Gasteiger partial charge in [-0.2, -0.15) is 0 Å². The molecule has 0 aliphatic carbocycles. The molecule has 0 heterocycles. The third kappa shape index (κ3) is 8.67. The van der Waals surface area contributed by atoms with Crippen LogP contribution >= 0.6 is 0 Å². The molecule has 0 fully saturated rings. The molecule has 2 rings (SSSR count). The van der Waals surface area contributed by atoms with Crippen molar-refractivity contribution in [2.24, 2.45) is 0 Å². The molecule has 0 aliphatic rings. The van der Waals surface area contributed by atoms with E-state index < -0.39 is 0 Å². The first-order valence-electron chi connectivity index (χ1n) is 11.2. The fourth-order valence-electron chi connectivity index (χ4n) is 3.71. The van der Waals surface area contributed by atoms with Crippen molar-refractivity contribution in [3.05, 3.63) is 48.5 Å². The third-order valence-corrected chi connectivity index (χ3v) is 6.28. The molecule has 0 saturated heterocycles. The Morgan fingerprint density at radius 1 is 0.581 bits per heavy atom. The summed E-state index contributed by atoms with van der Waals surface area (Å²) in [4.78, 5) is 4.62. The highest BCUT2D eigenvalue weighted by atomic mass is 15.3.